The molecule has 2 aromatic rings. The van der Waals surface area contributed by atoms with Crippen molar-refractivity contribution in [2.75, 3.05) is 0 Å². The number of nitrogens with zero attached hydrogens (tertiary/aromatic N) is 1. The molecule has 0 saturated heterocycles. The van der Waals surface area contributed by atoms with Crippen LogP contribution in [-0.2, 0) is 6.42 Å². The fraction of sp³-hybridized carbons (Fsp3) is 0.214. The molecule has 0 spiro atoms. The molecule has 1 heterocycles. The number of hydrogen-bond acceptors (Lipinski definition) is 2. The van der Waals surface area contributed by atoms with Crippen LogP contribution in [0, 0.1) is 0 Å². The maximum Gasteiger partial charge on any atom is 0.134 e. The molecule has 2 rings (SSSR count). The van der Waals surface area contributed by atoms with Crippen LogP contribution in [0.1, 0.15) is 18.9 Å². The molecule has 1 aromatic heterocycles. The molecule has 0 fully saturated rings. The summed E-state index contributed by atoms with van der Waals surface area (Å²) in [5.41, 5.74) is 3.38. The van der Waals surface area contributed by atoms with Crippen LogP contribution in [0.5, 0.6) is 5.75 Å². The van der Waals surface area contributed by atoms with Crippen molar-refractivity contribution < 1.29 is 5.11 Å². The van der Waals surface area contributed by atoms with E-state index in [0.717, 1.165) is 24.0 Å². The number of hydrogen-bond donors (Lipinski definition) is 1. The van der Waals surface area contributed by atoms with Crippen molar-refractivity contribution in [2.45, 2.75) is 19.8 Å². The Balaban J connectivity index is 2.27. The molecule has 1 N–H and O–H groups in total. The summed E-state index contributed by atoms with van der Waals surface area (Å²) in [6.45, 7) is 2.17. The van der Waals surface area contributed by atoms with Crippen molar-refractivity contribution in [3.05, 3.63) is 48.3 Å². The SMILES string of the molecule is CCCc1ccc(-c2cncc(O)c2)cc1. The van der Waals surface area contributed by atoms with Crippen LogP contribution in [0.4, 0.5) is 0 Å². The minimum atomic E-state index is 0.204. The molecule has 0 atom stereocenters. The molecule has 0 aliphatic rings. The number of aromatic nitrogens is 1. The molecule has 16 heavy (non-hydrogen) atoms. The topological polar surface area (TPSA) is 33.1 Å². The average Bonchev–Trinajstić information content (AvgIpc) is 2.30. The molecule has 0 amide bonds. The predicted molar refractivity (Wildman–Crippen MR) is 65.3 cm³/mol. The Morgan fingerprint density at radius 3 is 2.44 bits per heavy atom. The molecule has 0 aliphatic heterocycles. The average molecular weight is 213 g/mol. The maximum absolute atomic E-state index is 9.35. The smallest absolute Gasteiger partial charge is 0.134 e. The van der Waals surface area contributed by atoms with Crippen LogP contribution in [-0.4, -0.2) is 10.1 Å². The van der Waals surface area contributed by atoms with E-state index in [4.69, 9.17) is 0 Å². The van der Waals surface area contributed by atoms with Gasteiger partial charge in [-0.25, -0.2) is 0 Å². The first-order valence-corrected chi connectivity index (χ1v) is 5.53. The number of pyridine rings is 1. The van der Waals surface area contributed by atoms with E-state index in [2.05, 4.69) is 36.2 Å². The number of benzene rings is 1. The monoisotopic (exact) mass is 213 g/mol. The van der Waals surface area contributed by atoms with E-state index in [1.807, 2.05) is 0 Å². The summed E-state index contributed by atoms with van der Waals surface area (Å²) >= 11 is 0. The van der Waals surface area contributed by atoms with Gasteiger partial charge in [0.15, 0.2) is 0 Å². The van der Waals surface area contributed by atoms with Gasteiger partial charge in [-0.1, -0.05) is 37.6 Å². The Labute approximate surface area is 95.6 Å². The van der Waals surface area contributed by atoms with Crippen molar-refractivity contribution >= 4 is 0 Å². The summed E-state index contributed by atoms with van der Waals surface area (Å²) in [6.07, 6.45) is 5.47. The van der Waals surface area contributed by atoms with Gasteiger partial charge in [0, 0.05) is 11.8 Å². The standard InChI is InChI=1S/C14H15NO/c1-2-3-11-4-6-12(7-5-11)13-8-14(16)10-15-9-13/h4-10,16H,2-3H2,1H3. The molecule has 0 unspecified atom stereocenters. The van der Waals surface area contributed by atoms with E-state index in [1.54, 1.807) is 12.3 Å². The highest BCUT2D eigenvalue weighted by molar-refractivity contribution is 5.63. The van der Waals surface area contributed by atoms with Crippen LogP contribution in [0.2, 0.25) is 0 Å². The second kappa shape index (κ2) is 4.79. The molecule has 1 aromatic carbocycles. The van der Waals surface area contributed by atoms with Crippen molar-refractivity contribution in [2.24, 2.45) is 0 Å². The van der Waals surface area contributed by atoms with Crippen LogP contribution in [0.3, 0.4) is 0 Å². The van der Waals surface area contributed by atoms with Crippen molar-refractivity contribution in [3.63, 3.8) is 0 Å². The highest BCUT2D eigenvalue weighted by Gasteiger charge is 1.99. The van der Waals surface area contributed by atoms with Gasteiger partial charge in [-0.15, -0.1) is 0 Å². The molecule has 0 bridgehead atoms. The number of aryl methyl sites for hydroxylation is 1. The molecule has 82 valence electrons. The first-order chi connectivity index (χ1) is 7.79. The molecular formula is C14H15NO. The first kappa shape index (κ1) is 10.7. The highest BCUT2D eigenvalue weighted by atomic mass is 16.3. The van der Waals surface area contributed by atoms with Crippen molar-refractivity contribution in [1.29, 1.82) is 0 Å². The van der Waals surface area contributed by atoms with Crippen LogP contribution in [0.25, 0.3) is 11.1 Å². The number of rotatable bonds is 3. The lowest BCUT2D eigenvalue weighted by Gasteiger charge is -2.03. The van der Waals surface area contributed by atoms with Gasteiger partial charge in [0.1, 0.15) is 5.75 Å². The molecule has 0 radical (unpaired) electrons. The third-order valence-electron chi connectivity index (χ3n) is 2.55. The lowest BCUT2D eigenvalue weighted by Crippen LogP contribution is -1.84. The minimum absolute atomic E-state index is 0.204. The predicted octanol–water partition coefficient (Wildman–Crippen LogP) is 3.41. The Morgan fingerprint density at radius 2 is 1.81 bits per heavy atom. The van der Waals surface area contributed by atoms with Gasteiger partial charge >= 0.3 is 0 Å². The summed E-state index contributed by atoms with van der Waals surface area (Å²) < 4.78 is 0. The summed E-state index contributed by atoms with van der Waals surface area (Å²) in [7, 11) is 0. The van der Waals surface area contributed by atoms with Crippen LogP contribution >= 0.6 is 0 Å². The Bertz CT molecular complexity index is 462. The number of aromatic hydroxyl groups is 1. The normalized spacial score (nSPS) is 10.3. The summed E-state index contributed by atoms with van der Waals surface area (Å²) in [6, 6.07) is 10.1. The van der Waals surface area contributed by atoms with Gasteiger partial charge < -0.3 is 5.11 Å². The molecule has 0 saturated carbocycles. The molecule has 0 aliphatic carbocycles. The summed E-state index contributed by atoms with van der Waals surface area (Å²) in [5, 5.41) is 9.35. The molecule has 2 heteroatoms. The zero-order valence-corrected chi connectivity index (χ0v) is 9.35. The van der Waals surface area contributed by atoms with E-state index in [0.29, 0.717) is 0 Å². The molecular weight excluding hydrogens is 198 g/mol. The Morgan fingerprint density at radius 1 is 1.06 bits per heavy atom. The second-order valence-corrected chi connectivity index (χ2v) is 3.88. The van der Waals surface area contributed by atoms with Crippen LogP contribution < -0.4 is 0 Å². The van der Waals surface area contributed by atoms with Gasteiger partial charge in [0.2, 0.25) is 0 Å². The summed E-state index contributed by atoms with van der Waals surface area (Å²) in [4.78, 5) is 3.97. The third-order valence-corrected chi connectivity index (χ3v) is 2.55. The quantitative estimate of drug-likeness (QED) is 0.847. The van der Waals surface area contributed by atoms with E-state index in [1.165, 1.54) is 11.8 Å². The summed E-state index contributed by atoms with van der Waals surface area (Å²) in [5.74, 6) is 0.204. The lowest BCUT2D eigenvalue weighted by molar-refractivity contribution is 0.473. The zero-order valence-electron chi connectivity index (χ0n) is 9.35. The fourth-order valence-corrected chi connectivity index (χ4v) is 1.74. The molecule has 2 nitrogen and oxygen atoms in total. The van der Waals surface area contributed by atoms with Gasteiger partial charge in [-0.2, -0.15) is 0 Å². The fourth-order valence-electron chi connectivity index (χ4n) is 1.74. The Hall–Kier alpha value is -1.83. The van der Waals surface area contributed by atoms with Gasteiger partial charge in [-0.3, -0.25) is 4.98 Å². The van der Waals surface area contributed by atoms with E-state index >= 15 is 0 Å². The van der Waals surface area contributed by atoms with E-state index < -0.39 is 0 Å². The van der Waals surface area contributed by atoms with E-state index in [-0.39, 0.29) is 5.75 Å². The van der Waals surface area contributed by atoms with E-state index in [9.17, 15) is 5.11 Å². The third kappa shape index (κ3) is 2.40. The first-order valence-electron chi connectivity index (χ1n) is 5.53. The minimum Gasteiger partial charge on any atom is -0.506 e. The zero-order chi connectivity index (χ0) is 11.4. The van der Waals surface area contributed by atoms with Crippen LogP contribution in [0.15, 0.2) is 42.7 Å². The van der Waals surface area contributed by atoms with Gasteiger partial charge in [0.25, 0.3) is 0 Å². The second-order valence-electron chi connectivity index (χ2n) is 3.88. The van der Waals surface area contributed by atoms with Gasteiger partial charge in [-0.05, 0) is 23.6 Å². The van der Waals surface area contributed by atoms with Crippen molar-refractivity contribution in [3.8, 4) is 16.9 Å². The van der Waals surface area contributed by atoms with Gasteiger partial charge in [0.05, 0.1) is 6.20 Å². The highest BCUT2D eigenvalue weighted by Crippen LogP contribution is 2.22. The van der Waals surface area contributed by atoms with Crippen molar-refractivity contribution in [1.82, 2.24) is 4.98 Å². The maximum atomic E-state index is 9.35. The Kier molecular flexibility index (Phi) is 3.20. The lowest BCUT2D eigenvalue weighted by atomic mass is 10.0. The largest absolute Gasteiger partial charge is 0.506 e.